The number of halogens is 6. The molecule has 0 aromatic rings. The zero-order valence-corrected chi connectivity index (χ0v) is 14.2. The lowest BCUT2D eigenvalue weighted by Gasteiger charge is -2.37. The van der Waals surface area contributed by atoms with Crippen LogP contribution >= 0.6 is 69.6 Å². The second-order valence-electron chi connectivity index (χ2n) is 3.49. The molecule has 0 saturated heterocycles. The van der Waals surface area contributed by atoms with Crippen molar-refractivity contribution in [1.29, 1.82) is 0 Å². The first-order valence-electron chi connectivity index (χ1n) is 4.97. The summed E-state index contributed by atoms with van der Waals surface area (Å²) < 4.78 is 0. The molecule has 0 heterocycles. The third-order valence-corrected chi connectivity index (χ3v) is 6.21. The minimum atomic E-state index is -0.437. The number of nitrogens with zero attached hydrogens (tertiary/aromatic N) is 2. The molecule has 1 aliphatic rings. The van der Waals surface area contributed by atoms with Crippen molar-refractivity contribution >= 4 is 81.8 Å². The van der Waals surface area contributed by atoms with E-state index in [1.165, 1.54) is 0 Å². The molecule has 0 aliphatic heterocycles. The Morgan fingerprint density at radius 2 is 0.900 bits per heavy atom. The van der Waals surface area contributed by atoms with Crippen molar-refractivity contribution in [2.24, 2.45) is 9.98 Å². The summed E-state index contributed by atoms with van der Waals surface area (Å²) in [4.78, 5) is 24.5. The molecule has 0 spiro atoms. The van der Waals surface area contributed by atoms with Crippen LogP contribution in [0.2, 0.25) is 0 Å². The third-order valence-electron chi connectivity index (χ3n) is 2.17. The lowest BCUT2D eigenvalue weighted by Crippen LogP contribution is -2.52. The van der Waals surface area contributed by atoms with Crippen molar-refractivity contribution in [3.8, 4) is 0 Å². The van der Waals surface area contributed by atoms with Gasteiger partial charge in [-0.15, -0.1) is 79.6 Å². The number of aliphatic imine (C=N–C) groups is 2. The predicted octanol–water partition coefficient (Wildman–Crippen LogP) is 3.77. The summed E-state index contributed by atoms with van der Waals surface area (Å²) in [5.41, 5.74) is 0. The van der Waals surface area contributed by atoms with Gasteiger partial charge in [0, 0.05) is 0 Å². The van der Waals surface area contributed by atoms with E-state index in [0.717, 1.165) is 12.2 Å². The van der Waals surface area contributed by atoms with Crippen molar-refractivity contribution < 1.29 is 9.59 Å². The van der Waals surface area contributed by atoms with Gasteiger partial charge >= 0.3 is 0 Å². The lowest BCUT2D eigenvalue weighted by molar-refractivity contribution is 0.544. The summed E-state index contributed by atoms with van der Waals surface area (Å²) in [7, 11) is 0. The standard InChI is InChI=1S/C6H6Cl6.C4H2N2O2/c7-1-2(8)4(10)6(12)5(11)3(1)9;1-4(5-2-7)6-3-8/h1-6H;1H2/t1-,2-,3-,4+,5+,6+;. The smallest absolute Gasteiger partial charge is 0.211 e. The minimum Gasteiger partial charge on any atom is -0.211 e. The van der Waals surface area contributed by atoms with E-state index in [2.05, 4.69) is 16.6 Å². The zero-order chi connectivity index (χ0) is 15.9. The Bertz CT molecular complexity index is 357. The molecule has 1 saturated carbocycles. The number of rotatable bonds is 2. The molecular weight excluding hydrogens is 393 g/mol. The van der Waals surface area contributed by atoms with Gasteiger partial charge in [-0.2, -0.15) is 0 Å². The van der Waals surface area contributed by atoms with Crippen molar-refractivity contribution in [3.05, 3.63) is 12.4 Å². The van der Waals surface area contributed by atoms with Crippen molar-refractivity contribution in [3.63, 3.8) is 0 Å². The molecule has 20 heavy (non-hydrogen) atoms. The van der Waals surface area contributed by atoms with Crippen LogP contribution in [0.4, 0.5) is 0 Å². The van der Waals surface area contributed by atoms with Crippen LogP contribution in [0.25, 0.3) is 0 Å². The number of carbonyl (C=O) groups excluding carboxylic acids is 2. The first kappa shape index (κ1) is 20.2. The highest BCUT2D eigenvalue weighted by atomic mass is 35.5. The summed E-state index contributed by atoms with van der Waals surface area (Å²) in [6.45, 7) is 3.08. The molecule has 1 fully saturated rings. The Hall–Kier alpha value is 0.240. The summed E-state index contributed by atoms with van der Waals surface area (Å²) in [5, 5.41) is -2.62. The van der Waals surface area contributed by atoms with Gasteiger partial charge in [-0.3, -0.25) is 0 Å². The lowest BCUT2D eigenvalue weighted by atomic mass is 9.97. The first-order valence-corrected chi connectivity index (χ1v) is 7.58. The highest BCUT2D eigenvalue weighted by molar-refractivity contribution is 6.45. The molecule has 1 rings (SSSR count). The van der Waals surface area contributed by atoms with Gasteiger partial charge < -0.3 is 0 Å². The number of hydrogen-bond acceptors (Lipinski definition) is 4. The molecule has 0 atom stereocenters. The van der Waals surface area contributed by atoms with Crippen molar-refractivity contribution in [2.45, 2.75) is 32.3 Å². The van der Waals surface area contributed by atoms with Gasteiger partial charge in [0.15, 0.2) is 5.82 Å². The Balaban J connectivity index is 0.000000396. The van der Waals surface area contributed by atoms with Crippen LogP contribution in [-0.2, 0) is 9.59 Å². The van der Waals surface area contributed by atoms with E-state index < -0.39 is 32.3 Å². The predicted molar refractivity (Wildman–Crippen MR) is 83.2 cm³/mol. The van der Waals surface area contributed by atoms with Gasteiger partial charge in [-0.1, -0.05) is 6.58 Å². The van der Waals surface area contributed by atoms with E-state index in [-0.39, 0.29) is 5.82 Å². The molecule has 1 aliphatic carbocycles. The van der Waals surface area contributed by atoms with E-state index in [4.69, 9.17) is 69.6 Å². The normalized spacial score (nSPS) is 35.7. The molecule has 0 aromatic carbocycles. The molecular formula is C10H8Cl6N2O2. The number of isocyanates is 2. The molecule has 0 bridgehead atoms. The van der Waals surface area contributed by atoms with E-state index >= 15 is 0 Å². The number of alkyl halides is 6. The largest absolute Gasteiger partial charge is 0.242 e. The topological polar surface area (TPSA) is 58.9 Å². The molecule has 0 amide bonds. The van der Waals surface area contributed by atoms with Gasteiger partial charge in [0.05, 0.1) is 32.3 Å². The first-order chi connectivity index (χ1) is 9.27. The van der Waals surface area contributed by atoms with E-state index in [1.54, 1.807) is 0 Å². The van der Waals surface area contributed by atoms with E-state index in [0.29, 0.717) is 0 Å². The highest BCUT2D eigenvalue weighted by Gasteiger charge is 2.46. The Morgan fingerprint density at radius 3 is 1.05 bits per heavy atom. The van der Waals surface area contributed by atoms with E-state index in [1.807, 2.05) is 0 Å². The fraction of sp³-hybridized carbons (Fsp3) is 0.600. The maximum absolute atomic E-state index is 9.35. The second-order valence-corrected chi connectivity index (χ2v) is 6.51. The monoisotopic (exact) mass is 398 g/mol. The average molecular weight is 401 g/mol. The van der Waals surface area contributed by atoms with Crippen LogP contribution < -0.4 is 0 Å². The van der Waals surface area contributed by atoms with Crippen LogP contribution in [0.5, 0.6) is 0 Å². The third kappa shape index (κ3) is 5.93. The average Bonchev–Trinajstić information content (AvgIpc) is 2.42. The molecule has 10 heteroatoms. The Labute approximate surface area is 145 Å². The SMILES string of the molecule is C=C(N=C=O)N=C=O.Cl[C@H]1[C@H](Cl)[C@@H](Cl)[C@@H](Cl)[C@H](Cl)[C@H]1Cl. The van der Waals surface area contributed by atoms with Gasteiger partial charge in [0.25, 0.3) is 0 Å². The van der Waals surface area contributed by atoms with Crippen molar-refractivity contribution in [1.82, 2.24) is 0 Å². The van der Waals surface area contributed by atoms with Crippen LogP contribution in [0, 0.1) is 0 Å². The molecule has 4 nitrogen and oxygen atoms in total. The molecule has 0 unspecified atom stereocenters. The maximum Gasteiger partial charge on any atom is 0.242 e. The van der Waals surface area contributed by atoms with Gasteiger partial charge in [-0.05, 0) is 0 Å². The van der Waals surface area contributed by atoms with Gasteiger partial charge in [-0.25, -0.2) is 9.59 Å². The van der Waals surface area contributed by atoms with Crippen LogP contribution in [-0.4, -0.2) is 44.4 Å². The van der Waals surface area contributed by atoms with Gasteiger partial charge in [0.1, 0.15) is 0 Å². The summed E-state index contributed by atoms with van der Waals surface area (Å²) in [6, 6.07) is 0. The quantitative estimate of drug-likeness (QED) is 0.402. The summed E-state index contributed by atoms with van der Waals surface area (Å²) >= 11 is 35.3. The van der Waals surface area contributed by atoms with Crippen LogP contribution in [0.3, 0.4) is 0 Å². The van der Waals surface area contributed by atoms with E-state index in [9.17, 15) is 9.59 Å². The summed E-state index contributed by atoms with van der Waals surface area (Å²) in [6.07, 6.45) is 2.31. The van der Waals surface area contributed by atoms with Crippen LogP contribution in [0.15, 0.2) is 22.4 Å². The van der Waals surface area contributed by atoms with Gasteiger partial charge in [0.2, 0.25) is 12.2 Å². The molecule has 0 N–H and O–H groups in total. The fourth-order valence-corrected chi connectivity index (χ4v) is 3.51. The summed E-state index contributed by atoms with van der Waals surface area (Å²) in [5.74, 6) is -0.185. The fourth-order valence-electron chi connectivity index (χ4n) is 1.18. The van der Waals surface area contributed by atoms with Crippen molar-refractivity contribution in [2.75, 3.05) is 0 Å². The van der Waals surface area contributed by atoms with Crippen LogP contribution in [0.1, 0.15) is 0 Å². The minimum absolute atomic E-state index is 0.185. The second kappa shape index (κ2) is 10.0. The Kier molecular flexibility index (Phi) is 10.2. The number of hydrogen-bond donors (Lipinski definition) is 0. The maximum atomic E-state index is 9.35. The Morgan fingerprint density at radius 1 is 0.700 bits per heavy atom. The molecule has 112 valence electrons. The molecule has 0 radical (unpaired) electrons. The highest BCUT2D eigenvalue weighted by Crippen LogP contribution is 2.39. The zero-order valence-electron chi connectivity index (χ0n) is 9.65. The molecule has 0 aromatic heterocycles.